The summed E-state index contributed by atoms with van der Waals surface area (Å²) in [6.07, 6.45) is -0.866. The van der Waals surface area contributed by atoms with Crippen molar-refractivity contribution in [2.45, 2.75) is 25.6 Å². The van der Waals surface area contributed by atoms with Crippen LogP contribution in [0.4, 0.5) is 28.0 Å². The van der Waals surface area contributed by atoms with Crippen LogP contribution in [0.3, 0.4) is 0 Å². The van der Waals surface area contributed by atoms with Crippen LogP contribution in [0.5, 0.6) is 5.75 Å². The average molecular weight is 497 g/mol. The number of pyridine rings is 1. The smallest absolute Gasteiger partial charge is 0.321 e. The van der Waals surface area contributed by atoms with Gasteiger partial charge in [-0.3, -0.25) is 4.68 Å². The Balaban J connectivity index is 0.00000363. The van der Waals surface area contributed by atoms with Crippen LogP contribution in [0, 0.1) is 11.9 Å². The number of carbonyl (C=O) groups excluding carboxylic acids is 1. The maximum Gasteiger partial charge on any atom is 0.321 e. The van der Waals surface area contributed by atoms with Gasteiger partial charge in [-0.2, -0.15) is 27.3 Å². The van der Waals surface area contributed by atoms with Gasteiger partial charge in [0.05, 0.1) is 6.20 Å². The van der Waals surface area contributed by atoms with Crippen molar-refractivity contribution in [3.05, 3.63) is 36.2 Å². The second kappa shape index (κ2) is 11.6. The van der Waals surface area contributed by atoms with Gasteiger partial charge in [0.1, 0.15) is 12.2 Å². The third kappa shape index (κ3) is 6.65. The molecular weight excluding hydrogens is 472 g/mol. The third-order valence-electron chi connectivity index (χ3n) is 4.81. The van der Waals surface area contributed by atoms with E-state index in [4.69, 9.17) is 4.18 Å². The molecule has 0 aromatic carbocycles. The van der Waals surface area contributed by atoms with Crippen LogP contribution >= 0.6 is 25.7 Å². The lowest BCUT2D eigenvalue weighted by molar-refractivity contribution is 0.0759. The number of aryl methyl sites for hydroxylation is 1. The number of hydrogen-bond donors (Lipinski definition) is 1. The van der Waals surface area contributed by atoms with Gasteiger partial charge in [0, 0.05) is 51.1 Å². The van der Waals surface area contributed by atoms with Gasteiger partial charge in [-0.1, -0.05) is 0 Å². The molecule has 2 aromatic heterocycles. The number of nitrogens with zero attached hydrogens (tertiary/aromatic N) is 5. The summed E-state index contributed by atoms with van der Waals surface area (Å²) in [6.45, 7) is 0.643. The van der Waals surface area contributed by atoms with Crippen LogP contribution in [-0.4, -0.2) is 56.4 Å². The molecule has 0 saturated carbocycles. The predicted molar refractivity (Wildman–Crippen MR) is 117 cm³/mol. The highest BCUT2D eigenvalue weighted by Gasteiger charge is 2.32. The van der Waals surface area contributed by atoms with E-state index in [-0.39, 0.29) is 30.9 Å². The summed E-state index contributed by atoms with van der Waals surface area (Å²) in [5, 5.41) is 6.21. The van der Waals surface area contributed by atoms with E-state index in [9.17, 15) is 22.4 Å². The molecule has 2 aromatic rings. The van der Waals surface area contributed by atoms with Crippen LogP contribution in [0.1, 0.15) is 25.0 Å². The van der Waals surface area contributed by atoms with Gasteiger partial charge in [0.2, 0.25) is 5.95 Å². The van der Waals surface area contributed by atoms with Crippen molar-refractivity contribution in [3.63, 3.8) is 0 Å². The van der Waals surface area contributed by atoms with Crippen molar-refractivity contribution < 1.29 is 26.5 Å². The number of anilines is 1. The molecule has 3 rings (SSSR count). The topological polar surface area (TPSA) is 75.5 Å². The molecule has 0 spiro atoms. The zero-order chi connectivity index (χ0) is 22.5. The molecule has 1 saturated heterocycles. The number of nitrogens with one attached hydrogen (secondary N) is 1. The van der Waals surface area contributed by atoms with Crippen LogP contribution < -0.4 is 9.50 Å². The second-order valence-electron chi connectivity index (χ2n) is 7.05. The van der Waals surface area contributed by atoms with Gasteiger partial charge in [-0.15, -0.1) is 0 Å². The van der Waals surface area contributed by atoms with Crippen molar-refractivity contribution >= 4 is 37.4 Å². The number of piperidine rings is 1. The lowest BCUT2D eigenvalue weighted by Crippen LogP contribution is -2.44. The summed E-state index contributed by atoms with van der Waals surface area (Å²) in [7, 11) is 2.95. The van der Waals surface area contributed by atoms with Crippen LogP contribution in [0.2, 0.25) is 0 Å². The average Bonchev–Trinajstić information content (AvgIpc) is 3.12. The molecule has 32 heavy (non-hydrogen) atoms. The first-order valence-electron chi connectivity index (χ1n) is 9.45. The SMILES string of the molecule is CN(SOc1cn(C)nc1C(F)F)[C@@H](F)C1CCN(C(=O)Nc2ccnc(F)c2)CC1.S. The van der Waals surface area contributed by atoms with E-state index < -0.39 is 30.4 Å². The van der Waals surface area contributed by atoms with Gasteiger partial charge in [-0.25, -0.2) is 22.9 Å². The molecule has 14 heteroatoms. The molecule has 1 fully saturated rings. The number of rotatable bonds is 7. The summed E-state index contributed by atoms with van der Waals surface area (Å²) < 4.78 is 61.6. The number of carbonyl (C=O) groups is 1. The van der Waals surface area contributed by atoms with Crippen molar-refractivity contribution in [3.8, 4) is 5.75 Å². The van der Waals surface area contributed by atoms with Crippen molar-refractivity contribution in [2.24, 2.45) is 13.0 Å². The predicted octanol–water partition coefficient (Wildman–Crippen LogP) is 4.12. The van der Waals surface area contributed by atoms with E-state index in [0.29, 0.717) is 38.2 Å². The lowest BCUT2D eigenvalue weighted by atomic mass is 9.96. The van der Waals surface area contributed by atoms with Crippen molar-refractivity contribution in [1.82, 2.24) is 24.0 Å². The highest BCUT2D eigenvalue weighted by Crippen LogP contribution is 2.33. The first-order valence-corrected chi connectivity index (χ1v) is 10.1. The highest BCUT2D eigenvalue weighted by atomic mass is 32.2. The van der Waals surface area contributed by atoms with E-state index >= 15 is 0 Å². The normalized spacial score (nSPS) is 15.6. The summed E-state index contributed by atoms with van der Waals surface area (Å²) in [5.41, 5.74) is -0.220. The number of hydrogen-bond acceptors (Lipinski definition) is 6. The summed E-state index contributed by atoms with van der Waals surface area (Å²) >= 11 is 0.624. The molecule has 1 atom stereocenters. The first kappa shape index (κ1) is 26.1. The Bertz CT molecular complexity index is 898. The van der Waals surface area contributed by atoms with Gasteiger partial charge in [0.25, 0.3) is 6.43 Å². The zero-order valence-corrected chi connectivity index (χ0v) is 19.2. The molecule has 1 aliphatic heterocycles. The fraction of sp³-hybridized carbons (Fsp3) is 0.500. The molecule has 178 valence electrons. The van der Waals surface area contributed by atoms with E-state index in [2.05, 4.69) is 15.4 Å². The summed E-state index contributed by atoms with van der Waals surface area (Å²) in [5.74, 6) is -1.20. The zero-order valence-electron chi connectivity index (χ0n) is 17.3. The van der Waals surface area contributed by atoms with E-state index in [1.807, 2.05) is 0 Å². The van der Waals surface area contributed by atoms with Gasteiger partial charge in [-0.05, 0) is 18.9 Å². The monoisotopic (exact) mass is 496 g/mol. The number of urea groups is 1. The second-order valence-corrected chi connectivity index (χ2v) is 7.94. The number of alkyl halides is 3. The minimum atomic E-state index is -2.80. The first-order chi connectivity index (χ1) is 14.7. The third-order valence-corrected chi connectivity index (χ3v) is 5.50. The van der Waals surface area contributed by atoms with Crippen molar-refractivity contribution in [2.75, 3.05) is 25.5 Å². The summed E-state index contributed by atoms with van der Waals surface area (Å²) in [6, 6.07) is 2.18. The van der Waals surface area contributed by atoms with Crippen LogP contribution in [-0.2, 0) is 7.05 Å². The fourth-order valence-corrected chi connectivity index (χ4v) is 3.78. The molecule has 1 N–H and O–H groups in total. The molecular formula is C18H24F4N6O2S2. The molecule has 0 aliphatic carbocycles. The Morgan fingerprint density at radius 2 is 2.03 bits per heavy atom. The number of amides is 2. The quantitative estimate of drug-likeness (QED) is 0.204. The van der Waals surface area contributed by atoms with Crippen LogP contribution in [0.15, 0.2) is 24.5 Å². The van der Waals surface area contributed by atoms with Crippen molar-refractivity contribution in [1.29, 1.82) is 0 Å². The van der Waals surface area contributed by atoms with E-state index in [1.165, 1.54) is 46.4 Å². The molecule has 8 nitrogen and oxygen atoms in total. The minimum absolute atomic E-state index is 0. The Morgan fingerprint density at radius 3 is 2.66 bits per heavy atom. The van der Waals surface area contributed by atoms with Gasteiger partial charge >= 0.3 is 6.03 Å². The van der Waals surface area contributed by atoms with Crippen LogP contribution in [0.25, 0.3) is 0 Å². The summed E-state index contributed by atoms with van der Waals surface area (Å²) in [4.78, 5) is 17.3. The number of halogens is 4. The van der Waals surface area contributed by atoms with Gasteiger partial charge in [0.15, 0.2) is 17.7 Å². The Morgan fingerprint density at radius 1 is 1.34 bits per heavy atom. The standard InChI is InChI=1S/C18H22F4N6O2S.H2S/c1-26-10-13(15(25-26)16(20)21)30-31-27(2)17(22)11-4-7-28(8-5-11)18(29)24-12-3-6-23-14(19)9-12;/h3,6,9-11,16-17H,4-5,7-8H2,1-2H3,(H,23,24,29);1H2/t17-;/m1./s1. The van der Waals surface area contributed by atoms with E-state index in [0.717, 1.165) is 6.07 Å². The molecule has 0 radical (unpaired) electrons. The minimum Gasteiger partial charge on any atom is -0.405 e. The highest BCUT2D eigenvalue weighted by molar-refractivity contribution is 7.92. The Kier molecular flexibility index (Phi) is 9.46. The fourth-order valence-electron chi connectivity index (χ4n) is 3.20. The number of likely N-dealkylation sites (tertiary alicyclic amines) is 1. The van der Waals surface area contributed by atoms with Gasteiger partial charge < -0.3 is 14.4 Å². The number of aromatic nitrogens is 3. The Labute approximate surface area is 194 Å². The molecule has 0 bridgehead atoms. The maximum absolute atomic E-state index is 14.9. The molecule has 2 amide bonds. The maximum atomic E-state index is 14.9. The largest absolute Gasteiger partial charge is 0.405 e. The Hall–Kier alpha value is -2.19. The lowest BCUT2D eigenvalue weighted by Gasteiger charge is -2.35. The molecule has 1 aliphatic rings. The molecule has 3 heterocycles. The van der Waals surface area contributed by atoms with E-state index in [1.54, 1.807) is 0 Å². The molecule has 0 unspecified atom stereocenters.